The zero-order valence-electron chi connectivity index (χ0n) is 5.42. The second-order valence-electron chi connectivity index (χ2n) is 1.97. The van der Waals surface area contributed by atoms with Crippen LogP contribution in [-0.2, 0) is 0 Å². The van der Waals surface area contributed by atoms with Crippen molar-refractivity contribution in [3.63, 3.8) is 0 Å². The van der Waals surface area contributed by atoms with E-state index in [0.717, 1.165) is 0 Å². The van der Waals surface area contributed by atoms with Gasteiger partial charge >= 0.3 is 5.63 Å². The number of nitrogens with one attached hydrogen (secondary N) is 1. The molecule has 0 aliphatic heterocycles. The predicted octanol–water partition coefficient (Wildman–Crippen LogP) is 0.595. The van der Waals surface area contributed by atoms with Crippen molar-refractivity contribution in [3.05, 3.63) is 22.2 Å². The van der Waals surface area contributed by atoms with E-state index in [1.54, 1.807) is 6.92 Å². The van der Waals surface area contributed by atoms with Gasteiger partial charge in [-0.3, -0.25) is 0 Å². The maximum atomic E-state index is 10.4. The average molecular weight is 138 g/mol. The van der Waals surface area contributed by atoms with Crippen LogP contribution in [0.3, 0.4) is 0 Å². The standard InChI is InChI=1S/C6H6N2O2/c1-4(3-7)5-2-6(9)10-8-5/h2,4,8H,1H3. The van der Waals surface area contributed by atoms with Gasteiger partial charge in [-0.1, -0.05) is 0 Å². The third-order valence-corrected chi connectivity index (χ3v) is 1.20. The van der Waals surface area contributed by atoms with Gasteiger partial charge in [0.1, 0.15) is 0 Å². The molecule has 0 fully saturated rings. The highest BCUT2D eigenvalue weighted by Gasteiger charge is 2.05. The average Bonchev–Trinajstić information content (AvgIpc) is 2.34. The number of H-pyrrole nitrogens is 1. The lowest BCUT2D eigenvalue weighted by Crippen LogP contribution is -1.90. The van der Waals surface area contributed by atoms with E-state index in [4.69, 9.17) is 5.26 Å². The van der Waals surface area contributed by atoms with Crippen molar-refractivity contribution < 1.29 is 4.52 Å². The summed E-state index contributed by atoms with van der Waals surface area (Å²) in [5.74, 6) is -0.313. The maximum absolute atomic E-state index is 10.4. The molecule has 0 saturated carbocycles. The number of hydrogen-bond donors (Lipinski definition) is 1. The maximum Gasteiger partial charge on any atom is 0.357 e. The molecule has 1 rings (SSSR count). The summed E-state index contributed by atoms with van der Waals surface area (Å²) in [7, 11) is 0. The lowest BCUT2D eigenvalue weighted by Gasteiger charge is -1.91. The lowest BCUT2D eigenvalue weighted by molar-refractivity contribution is 0.384. The Morgan fingerprint density at radius 3 is 3.00 bits per heavy atom. The summed E-state index contributed by atoms with van der Waals surface area (Å²) in [6, 6.07) is 3.24. The first-order valence-electron chi connectivity index (χ1n) is 2.82. The highest BCUT2D eigenvalue weighted by atomic mass is 16.5. The van der Waals surface area contributed by atoms with Gasteiger partial charge in [0, 0.05) is 6.07 Å². The Kier molecular flexibility index (Phi) is 1.59. The Bertz CT molecular complexity index is 304. The van der Waals surface area contributed by atoms with E-state index in [1.807, 2.05) is 6.07 Å². The van der Waals surface area contributed by atoms with Gasteiger partial charge in [0.15, 0.2) is 0 Å². The van der Waals surface area contributed by atoms with Crippen LogP contribution in [0.1, 0.15) is 18.5 Å². The van der Waals surface area contributed by atoms with E-state index in [0.29, 0.717) is 5.69 Å². The molecule has 0 aliphatic rings. The summed E-state index contributed by atoms with van der Waals surface area (Å²) in [5, 5.41) is 10.7. The minimum atomic E-state index is -0.447. The van der Waals surface area contributed by atoms with Crippen molar-refractivity contribution in [2.75, 3.05) is 0 Å². The van der Waals surface area contributed by atoms with Crippen molar-refractivity contribution >= 4 is 0 Å². The van der Waals surface area contributed by atoms with Gasteiger partial charge in [0.05, 0.1) is 17.7 Å². The molecule has 10 heavy (non-hydrogen) atoms. The van der Waals surface area contributed by atoms with E-state index in [2.05, 4.69) is 9.68 Å². The van der Waals surface area contributed by atoms with Crippen molar-refractivity contribution in [3.8, 4) is 6.07 Å². The smallest absolute Gasteiger partial charge is 0.339 e. The Hall–Kier alpha value is -1.50. The van der Waals surface area contributed by atoms with Gasteiger partial charge in [0.2, 0.25) is 0 Å². The van der Waals surface area contributed by atoms with Gasteiger partial charge in [-0.2, -0.15) is 5.26 Å². The van der Waals surface area contributed by atoms with Crippen LogP contribution >= 0.6 is 0 Å². The molecule has 1 aromatic heterocycles. The van der Waals surface area contributed by atoms with E-state index in [-0.39, 0.29) is 5.92 Å². The highest BCUT2D eigenvalue weighted by molar-refractivity contribution is 5.11. The van der Waals surface area contributed by atoms with Gasteiger partial charge in [-0.15, -0.1) is 0 Å². The molecule has 4 nitrogen and oxygen atoms in total. The van der Waals surface area contributed by atoms with Crippen molar-refractivity contribution in [1.82, 2.24) is 5.16 Å². The van der Waals surface area contributed by atoms with Crippen LogP contribution in [0, 0.1) is 11.3 Å². The van der Waals surface area contributed by atoms with E-state index >= 15 is 0 Å². The fourth-order valence-electron chi connectivity index (χ4n) is 0.578. The Balaban J connectivity index is 2.98. The summed E-state index contributed by atoms with van der Waals surface area (Å²) in [6.45, 7) is 1.68. The molecule has 0 spiro atoms. The molecule has 1 aromatic rings. The van der Waals surface area contributed by atoms with Crippen LogP contribution in [-0.4, -0.2) is 5.16 Å². The third kappa shape index (κ3) is 1.08. The Morgan fingerprint density at radius 1 is 1.90 bits per heavy atom. The van der Waals surface area contributed by atoms with Crippen molar-refractivity contribution in [2.45, 2.75) is 12.8 Å². The van der Waals surface area contributed by atoms with E-state index < -0.39 is 5.63 Å². The fourth-order valence-corrected chi connectivity index (χ4v) is 0.578. The quantitative estimate of drug-likeness (QED) is 0.617. The molecule has 0 amide bonds. The van der Waals surface area contributed by atoms with Gasteiger partial charge in [-0.25, -0.2) is 9.95 Å². The predicted molar refractivity (Wildman–Crippen MR) is 33.4 cm³/mol. The third-order valence-electron chi connectivity index (χ3n) is 1.20. The van der Waals surface area contributed by atoms with Crippen LogP contribution in [0.15, 0.2) is 15.4 Å². The van der Waals surface area contributed by atoms with Crippen molar-refractivity contribution in [2.24, 2.45) is 0 Å². The number of nitriles is 1. The number of rotatable bonds is 1. The molecule has 1 atom stereocenters. The monoisotopic (exact) mass is 138 g/mol. The Morgan fingerprint density at radius 2 is 2.60 bits per heavy atom. The summed E-state index contributed by atoms with van der Waals surface area (Å²) >= 11 is 0. The molecule has 4 heteroatoms. The van der Waals surface area contributed by atoms with Crippen LogP contribution in [0.25, 0.3) is 0 Å². The molecule has 1 N–H and O–H groups in total. The SMILES string of the molecule is CC(C#N)c1cc(=O)o[nH]1. The molecule has 1 heterocycles. The fraction of sp³-hybridized carbons (Fsp3) is 0.333. The second-order valence-corrected chi connectivity index (χ2v) is 1.97. The molecule has 0 aliphatic carbocycles. The minimum Gasteiger partial charge on any atom is -0.339 e. The molecule has 0 radical (unpaired) electrons. The topological polar surface area (TPSA) is 69.8 Å². The number of nitrogens with zero attached hydrogens (tertiary/aromatic N) is 1. The molecule has 0 aromatic carbocycles. The summed E-state index contributed by atoms with van der Waals surface area (Å²) in [4.78, 5) is 10.4. The Labute approximate surface area is 57.0 Å². The molecule has 0 bridgehead atoms. The minimum absolute atomic E-state index is 0.313. The van der Waals surface area contributed by atoms with Crippen LogP contribution in [0.2, 0.25) is 0 Å². The molecular weight excluding hydrogens is 132 g/mol. The molecule has 0 saturated heterocycles. The summed E-state index contributed by atoms with van der Waals surface area (Å²) in [5.41, 5.74) is 0.0737. The van der Waals surface area contributed by atoms with Gasteiger partial charge in [-0.05, 0) is 6.92 Å². The first kappa shape index (κ1) is 6.62. The van der Waals surface area contributed by atoms with Gasteiger partial charge < -0.3 is 4.52 Å². The number of hydrogen-bond acceptors (Lipinski definition) is 3. The van der Waals surface area contributed by atoms with Crippen LogP contribution in [0.4, 0.5) is 0 Å². The van der Waals surface area contributed by atoms with Gasteiger partial charge in [0.25, 0.3) is 0 Å². The number of aromatic amines is 1. The molecular formula is C6H6N2O2. The largest absolute Gasteiger partial charge is 0.357 e. The zero-order valence-corrected chi connectivity index (χ0v) is 5.42. The second kappa shape index (κ2) is 2.40. The number of aromatic nitrogens is 1. The summed E-state index contributed by atoms with van der Waals surface area (Å²) < 4.78 is 4.36. The van der Waals surface area contributed by atoms with E-state index in [9.17, 15) is 4.79 Å². The molecule has 1 unspecified atom stereocenters. The van der Waals surface area contributed by atoms with Crippen molar-refractivity contribution in [1.29, 1.82) is 5.26 Å². The zero-order chi connectivity index (χ0) is 7.56. The summed E-state index contributed by atoms with van der Waals surface area (Å²) in [6.07, 6.45) is 0. The lowest BCUT2D eigenvalue weighted by atomic mass is 10.1. The highest BCUT2D eigenvalue weighted by Crippen LogP contribution is 2.07. The first-order chi connectivity index (χ1) is 4.74. The van der Waals surface area contributed by atoms with Crippen LogP contribution in [0.5, 0.6) is 0 Å². The van der Waals surface area contributed by atoms with Crippen LogP contribution < -0.4 is 5.63 Å². The van der Waals surface area contributed by atoms with E-state index in [1.165, 1.54) is 6.07 Å². The normalized spacial score (nSPS) is 12.4. The first-order valence-corrected chi connectivity index (χ1v) is 2.82. The molecule has 52 valence electrons.